The van der Waals surface area contributed by atoms with Crippen LogP contribution in [0, 0.1) is 0 Å². The smallest absolute Gasteiger partial charge is 0.0517 e. The molecular weight excluding hydrogens is 717 g/mol. The Morgan fingerprint density at radius 1 is 0.339 bits per heavy atom. The van der Waals surface area contributed by atoms with Crippen LogP contribution in [0.15, 0.2) is 158 Å². The molecule has 8 aromatic carbocycles. The molecule has 2 nitrogen and oxygen atoms in total. The number of benzene rings is 8. The van der Waals surface area contributed by atoms with Crippen molar-refractivity contribution in [1.29, 1.82) is 0 Å². The normalized spacial score (nSPS) is 15.4. The highest BCUT2D eigenvalue weighted by molar-refractivity contribution is 7.26. The SMILES string of the molecule is CC1(C)c2ccccc2N(c2ccccc2)c2cc3sc4cc5cc6c(cc5cc4c3cc21)sc1cc2c(cc16)C(C)(C)c1ccccc1N2c1ccccc1. The quantitative estimate of drug-likeness (QED) is 0.173. The standard InChI is InChI=1S/C52H38N2S2/c1-51(2)39-19-11-13-21-43(39)53(33-15-7-5-8-16-33)45-29-49-37(27-41(45)51)35-23-31-26-48-36(24-32(31)25-47(35)55-49)38-28-42-46(30-50(38)56-48)54(34-17-9-6-10-18-34)44-22-14-12-20-40(44)52(42,3)4/h5-30H,1-4H3. The monoisotopic (exact) mass is 754 g/mol. The maximum atomic E-state index is 2.50. The highest BCUT2D eigenvalue weighted by atomic mass is 32.1. The van der Waals surface area contributed by atoms with Crippen molar-refractivity contribution in [3.8, 4) is 0 Å². The first-order valence-electron chi connectivity index (χ1n) is 19.5. The van der Waals surface area contributed by atoms with Crippen molar-refractivity contribution in [1.82, 2.24) is 0 Å². The number of hydrogen-bond acceptors (Lipinski definition) is 4. The summed E-state index contributed by atoms with van der Waals surface area (Å²) in [6.45, 7) is 9.55. The molecule has 0 saturated heterocycles. The fraction of sp³-hybridized carbons (Fsp3) is 0.115. The summed E-state index contributed by atoms with van der Waals surface area (Å²) in [5.74, 6) is 0. The minimum absolute atomic E-state index is 0.148. The van der Waals surface area contributed by atoms with Gasteiger partial charge in [0.05, 0.1) is 22.7 Å². The van der Waals surface area contributed by atoms with Gasteiger partial charge in [-0.25, -0.2) is 0 Å². The molecule has 10 aromatic rings. The molecule has 2 aromatic heterocycles. The Morgan fingerprint density at radius 3 is 1.12 bits per heavy atom. The van der Waals surface area contributed by atoms with Crippen molar-refractivity contribution in [3.63, 3.8) is 0 Å². The van der Waals surface area contributed by atoms with Crippen LogP contribution in [-0.4, -0.2) is 0 Å². The molecule has 2 aliphatic rings. The fourth-order valence-corrected chi connectivity index (χ4v) is 12.2. The topological polar surface area (TPSA) is 6.48 Å². The summed E-state index contributed by atoms with van der Waals surface area (Å²) < 4.78 is 5.33. The zero-order valence-electron chi connectivity index (χ0n) is 31.7. The first kappa shape index (κ1) is 32.3. The summed E-state index contributed by atoms with van der Waals surface area (Å²) in [5.41, 5.74) is 12.6. The number of nitrogens with zero attached hydrogens (tertiary/aromatic N) is 2. The molecule has 0 atom stereocenters. The number of thiophene rings is 2. The van der Waals surface area contributed by atoms with Crippen molar-refractivity contribution in [2.45, 2.75) is 38.5 Å². The Kier molecular flexibility index (Phi) is 6.53. The van der Waals surface area contributed by atoms with Gasteiger partial charge in [-0.2, -0.15) is 0 Å². The highest BCUT2D eigenvalue weighted by Crippen LogP contribution is 2.56. The lowest BCUT2D eigenvalue weighted by Crippen LogP contribution is -2.30. The van der Waals surface area contributed by atoms with E-state index in [0.29, 0.717) is 0 Å². The van der Waals surface area contributed by atoms with Gasteiger partial charge in [0.25, 0.3) is 0 Å². The molecule has 12 rings (SSSR count). The van der Waals surface area contributed by atoms with Gasteiger partial charge in [-0.05, 0) is 118 Å². The third-order valence-corrected chi connectivity index (χ3v) is 15.0. The van der Waals surface area contributed by atoms with E-state index >= 15 is 0 Å². The van der Waals surface area contributed by atoms with Crippen LogP contribution in [0.5, 0.6) is 0 Å². The molecule has 0 spiro atoms. The zero-order valence-corrected chi connectivity index (χ0v) is 33.4. The van der Waals surface area contributed by atoms with E-state index in [4.69, 9.17) is 0 Å². The highest BCUT2D eigenvalue weighted by Gasteiger charge is 2.39. The average Bonchev–Trinajstić information content (AvgIpc) is 3.75. The summed E-state index contributed by atoms with van der Waals surface area (Å²) >= 11 is 3.84. The number of anilines is 6. The Hall–Kier alpha value is -5.94. The number of rotatable bonds is 2. The van der Waals surface area contributed by atoms with Crippen LogP contribution in [0.4, 0.5) is 34.1 Å². The van der Waals surface area contributed by atoms with Crippen LogP contribution >= 0.6 is 22.7 Å². The Morgan fingerprint density at radius 2 is 0.696 bits per heavy atom. The summed E-state index contributed by atoms with van der Waals surface area (Å²) in [4.78, 5) is 4.93. The molecule has 268 valence electrons. The van der Waals surface area contributed by atoms with E-state index in [0.717, 1.165) is 0 Å². The van der Waals surface area contributed by atoms with E-state index in [-0.39, 0.29) is 10.8 Å². The van der Waals surface area contributed by atoms with Crippen LogP contribution in [0.1, 0.15) is 49.9 Å². The molecule has 4 heterocycles. The van der Waals surface area contributed by atoms with Crippen LogP contribution in [0.3, 0.4) is 0 Å². The summed E-state index contributed by atoms with van der Waals surface area (Å²) in [7, 11) is 0. The fourth-order valence-electron chi connectivity index (χ4n) is 9.89. The molecule has 0 amide bonds. The zero-order chi connectivity index (χ0) is 37.5. The van der Waals surface area contributed by atoms with Gasteiger partial charge in [-0.3, -0.25) is 0 Å². The van der Waals surface area contributed by atoms with Crippen molar-refractivity contribution >= 4 is 108 Å². The molecule has 0 saturated carbocycles. The molecule has 0 radical (unpaired) electrons. The van der Waals surface area contributed by atoms with Crippen molar-refractivity contribution in [3.05, 3.63) is 180 Å². The largest absolute Gasteiger partial charge is 0.310 e. The van der Waals surface area contributed by atoms with Gasteiger partial charge in [0.1, 0.15) is 0 Å². The van der Waals surface area contributed by atoms with Gasteiger partial charge in [0, 0.05) is 62.5 Å². The predicted octanol–water partition coefficient (Wildman–Crippen LogP) is 15.8. The van der Waals surface area contributed by atoms with Crippen LogP contribution in [-0.2, 0) is 10.8 Å². The predicted molar refractivity (Wildman–Crippen MR) is 243 cm³/mol. The van der Waals surface area contributed by atoms with Gasteiger partial charge in [0.15, 0.2) is 0 Å². The molecule has 0 aliphatic carbocycles. The number of fused-ring (bicyclic) bond motifs is 11. The van der Waals surface area contributed by atoms with E-state index in [1.807, 2.05) is 22.7 Å². The van der Waals surface area contributed by atoms with E-state index in [1.165, 1.54) is 107 Å². The van der Waals surface area contributed by atoms with Gasteiger partial charge >= 0.3 is 0 Å². The molecule has 0 bridgehead atoms. The van der Waals surface area contributed by atoms with Crippen LogP contribution in [0.25, 0.3) is 51.1 Å². The van der Waals surface area contributed by atoms with Crippen LogP contribution in [0.2, 0.25) is 0 Å². The number of hydrogen-bond donors (Lipinski definition) is 0. The van der Waals surface area contributed by atoms with Gasteiger partial charge < -0.3 is 9.80 Å². The Bertz CT molecular complexity index is 3040. The van der Waals surface area contributed by atoms with Gasteiger partial charge in [0.2, 0.25) is 0 Å². The second-order valence-corrected chi connectivity index (χ2v) is 18.8. The third-order valence-electron chi connectivity index (χ3n) is 12.7. The molecule has 0 unspecified atom stereocenters. The minimum atomic E-state index is -0.148. The number of para-hydroxylation sites is 4. The first-order chi connectivity index (χ1) is 27.3. The lowest BCUT2D eigenvalue weighted by molar-refractivity contribution is 0.633. The van der Waals surface area contributed by atoms with E-state index in [2.05, 4.69) is 195 Å². The molecule has 0 N–H and O–H groups in total. The summed E-state index contributed by atoms with van der Waals surface area (Å²) in [6.07, 6.45) is 0. The summed E-state index contributed by atoms with van der Waals surface area (Å²) in [5, 5.41) is 7.97. The molecule has 56 heavy (non-hydrogen) atoms. The van der Waals surface area contributed by atoms with Crippen molar-refractivity contribution in [2.24, 2.45) is 0 Å². The maximum Gasteiger partial charge on any atom is 0.0517 e. The molecule has 0 fully saturated rings. The van der Waals surface area contributed by atoms with Crippen molar-refractivity contribution < 1.29 is 0 Å². The second-order valence-electron chi connectivity index (χ2n) is 16.6. The van der Waals surface area contributed by atoms with Crippen LogP contribution < -0.4 is 9.80 Å². The van der Waals surface area contributed by atoms with Crippen molar-refractivity contribution in [2.75, 3.05) is 9.80 Å². The average molecular weight is 755 g/mol. The third kappa shape index (κ3) is 4.37. The van der Waals surface area contributed by atoms with E-state index in [9.17, 15) is 0 Å². The van der Waals surface area contributed by atoms with E-state index in [1.54, 1.807) is 0 Å². The Labute approximate surface area is 334 Å². The minimum Gasteiger partial charge on any atom is -0.310 e. The van der Waals surface area contributed by atoms with Gasteiger partial charge in [-0.15, -0.1) is 22.7 Å². The second kappa shape index (κ2) is 11.3. The molecule has 2 aliphatic heterocycles. The maximum absolute atomic E-state index is 2.50. The Balaban J connectivity index is 1.06. The lowest BCUT2D eigenvalue weighted by atomic mass is 9.73. The molecule has 4 heteroatoms. The summed E-state index contributed by atoms with van der Waals surface area (Å²) in [6, 6.07) is 59.3. The van der Waals surface area contributed by atoms with E-state index < -0.39 is 0 Å². The first-order valence-corrected chi connectivity index (χ1v) is 21.1. The molecular formula is C52H38N2S2. The lowest BCUT2D eigenvalue weighted by Gasteiger charge is -2.42. The van der Waals surface area contributed by atoms with Gasteiger partial charge in [-0.1, -0.05) is 100 Å².